The molecule has 0 saturated carbocycles. The molecule has 2 aromatic carbocycles. The maximum Gasteiger partial charge on any atom is 0.257 e. The van der Waals surface area contributed by atoms with E-state index >= 15 is 0 Å². The number of hydrogen-bond donors (Lipinski definition) is 1. The van der Waals surface area contributed by atoms with Crippen molar-refractivity contribution in [2.45, 2.75) is 26.9 Å². The molecule has 3 aromatic rings. The molecule has 1 atom stereocenters. The highest BCUT2D eigenvalue weighted by molar-refractivity contribution is 6.04. The van der Waals surface area contributed by atoms with Crippen LogP contribution in [0.4, 0.5) is 5.82 Å². The van der Waals surface area contributed by atoms with Crippen molar-refractivity contribution in [3.8, 4) is 11.5 Å². The van der Waals surface area contributed by atoms with E-state index in [0.717, 1.165) is 5.69 Å². The summed E-state index contributed by atoms with van der Waals surface area (Å²) in [5, 5.41) is 2.69. The summed E-state index contributed by atoms with van der Waals surface area (Å²) in [6, 6.07) is 15.3. The van der Waals surface area contributed by atoms with Crippen molar-refractivity contribution < 1.29 is 20.4 Å². The zero-order valence-electron chi connectivity index (χ0n) is 18.6. The van der Waals surface area contributed by atoms with E-state index in [-0.39, 0.29) is 13.4 Å². The van der Waals surface area contributed by atoms with Gasteiger partial charge in [0.2, 0.25) is 0 Å². The van der Waals surface area contributed by atoms with Crippen molar-refractivity contribution in [1.29, 1.82) is 0 Å². The zero-order valence-corrected chi connectivity index (χ0v) is 18.6. The van der Waals surface area contributed by atoms with E-state index in [1.165, 1.54) is 18.9 Å². The van der Waals surface area contributed by atoms with Crippen LogP contribution in [0.5, 0.6) is 11.5 Å². The number of rotatable bonds is 7. The zero-order chi connectivity index (χ0) is 22.6. The number of methoxy groups -OCH3 is 2. The normalized spacial score (nSPS) is 11.0. The number of aryl methyl sites for hydroxylation is 2. The molecule has 3 rings (SSSR count). The van der Waals surface area contributed by atoms with Crippen LogP contribution in [-0.4, -0.2) is 42.8 Å². The number of carbonyl (C=O) groups excluding carboxylic acids is 1. The van der Waals surface area contributed by atoms with Gasteiger partial charge in [-0.15, -0.1) is 0 Å². The van der Waals surface area contributed by atoms with Gasteiger partial charge in [0.05, 0.1) is 31.8 Å². The number of aromatic nitrogens is 2. The Bertz CT molecular complexity index is 953. The van der Waals surface area contributed by atoms with E-state index in [1.807, 2.05) is 32.0 Å². The smallest absolute Gasteiger partial charge is 0.257 e. The molecule has 0 unspecified atom stereocenters. The molecule has 1 heterocycles. The molecular formula is C24H31N3O4. The number of amides is 1. The summed E-state index contributed by atoms with van der Waals surface area (Å²) in [4.78, 5) is 20.6. The van der Waals surface area contributed by atoms with Crippen molar-refractivity contribution in [1.82, 2.24) is 9.97 Å². The van der Waals surface area contributed by atoms with Gasteiger partial charge in [-0.2, -0.15) is 0 Å². The first kappa shape index (κ1) is 23.8. The first-order chi connectivity index (χ1) is 14.9. The lowest BCUT2D eigenvalue weighted by Gasteiger charge is -2.15. The number of nitrogens with one attached hydrogen (secondary N) is 1. The van der Waals surface area contributed by atoms with Gasteiger partial charge in [0.1, 0.15) is 17.6 Å². The van der Waals surface area contributed by atoms with Crippen LogP contribution in [0.25, 0.3) is 0 Å². The van der Waals surface area contributed by atoms with Crippen molar-refractivity contribution in [2.24, 2.45) is 0 Å². The van der Waals surface area contributed by atoms with E-state index in [2.05, 4.69) is 34.3 Å². The summed E-state index contributed by atoms with van der Waals surface area (Å²) in [7, 11) is 3.14. The fourth-order valence-corrected chi connectivity index (χ4v) is 2.57. The minimum absolute atomic E-state index is 0. The molecule has 166 valence electrons. The number of ether oxygens (including phenoxy) is 3. The van der Waals surface area contributed by atoms with Gasteiger partial charge in [-0.1, -0.05) is 35.9 Å². The number of hydrogen-bond acceptors (Lipinski definition) is 6. The summed E-state index contributed by atoms with van der Waals surface area (Å²) in [5.74, 6) is 1.11. The van der Waals surface area contributed by atoms with Gasteiger partial charge in [-0.3, -0.25) is 9.78 Å². The summed E-state index contributed by atoms with van der Waals surface area (Å²) in [6.45, 7) is 6.23. The van der Waals surface area contributed by atoms with Crippen LogP contribution in [0.15, 0.2) is 60.9 Å². The molecule has 1 aromatic heterocycles. The molecule has 0 aliphatic heterocycles. The van der Waals surface area contributed by atoms with E-state index < -0.39 is 0 Å². The van der Waals surface area contributed by atoms with Crippen LogP contribution < -0.4 is 14.8 Å². The Labute approximate surface area is 184 Å². The summed E-state index contributed by atoms with van der Waals surface area (Å²) in [6.07, 6.45) is 2.94. The second-order valence-electron chi connectivity index (χ2n) is 6.93. The van der Waals surface area contributed by atoms with E-state index in [0.29, 0.717) is 29.5 Å². The van der Waals surface area contributed by atoms with Crippen LogP contribution in [0.2, 0.25) is 0 Å². The van der Waals surface area contributed by atoms with Gasteiger partial charge in [-0.25, -0.2) is 4.98 Å². The van der Waals surface area contributed by atoms with Gasteiger partial charge in [-0.05, 0) is 32.9 Å². The third-order valence-electron chi connectivity index (χ3n) is 4.08. The maximum absolute atomic E-state index is 12.4. The molecule has 7 nitrogen and oxygen atoms in total. The fraction of sp³-hybridized carbons (Fsp3) is 0.292. The molecule has 0 saturated heterocycles. The molecule has 0 bridgehead atoms. The number of nitrogens with zero attached hydrogens (tertiary/aromatic N) is 2. The first-order valence-corrected chi connectivity index (χ1v) is 9.87. The van der Waals surface area contributed by atoms with Crippen LogP contribution in [0, 0.1) is 13.8 Å². The molecule has 0 fully saturated rings. The highest BCUT2D eigenvalue weighted by atomic mass is 16.5. The number of benzene rings is 2. The second-order valence-corrected chi connectivity index (χ2v) is 6.93. The lowest BCUT2D eigenvalue weighted by Crippen LogP contribution is -2.19. The van der Waals surface area contributed by atoms with Crippen LogP contribution in [0.3, 0.4) is 0 Å². The Morgan fingerprint density at radius 2 is 1.74 bits per heavy atom. The maximum atomic E-state index is 12.4. The third kappa shape index (κ3) is 8.44. The molecule has 7 heteroatoms. The quantitative estimate of drug-likeness (QED) is 0.591. The first-order valence-electron chi connectivity index (χ1n) is 9.87. The molecule has 1 N–H and O–H groups in total. The average molecular weight is 426 g/mol. The second kappa shape index (κ2) is 12.3. The Morgan fingerprint density at radius 3 is 2.29 bits per heavy atom. The molecule has 0 spiro atoms. The van der Waals surface area contributed by atoms with Gasteiger partial charge in [0.15, 0.2) is 5.82 Å². The van der Waals surface area contributed by atoms with Crippen LogP contribution in [0.1, 0.15) is 30.0 Å². The lowest BCUT2D eigenvalue weighted by atomic mass is 10.2. The Kier molecular flexibility index (Phi) is 9.45. The van der Waals surface area contributed by atoms with Gasteiger partial charge < -0.3 is 19.5 Å². The van der Waals surface area contributed by atoms with Crippen molar-refractivity contribution in [2.75, 3.05) is 26.1 Å². The van der Waals surface area contributed by atoms with E-state index in [4.69, 9.17) is 14.2 Å². The Balaban J connectivity index is 0.000000545. The van der Waals surface area contributed by atoms with Gasteiger partial charge >= 0.3 is 0 Å². The Hall–Kier alpha value is -3.45. The summed E-state index contributed by atoms with van der Waals surface area (Å²) in [5.41, 5.74) is 2.50. The molecule has 1 amide bonds. The fourth-order valence-electron chi connectivity index (χ4n) is 2.57. The molecule has 0 aliphatic rings. The molecule has 0 radical (unpaired) electrons. The largest absolute Gasteiger partial charge is 0.497 e. The SMILES string of the molecule is COC[C@H](C)Oc1cc(OC)cc(C(=O)Nc2cnc(C)cn2)c1.Cc1ccccc1.[HH]. The molecule has 31 heavy (non-hydrogen) atoms. The standard InChI is InChI=1S/C17H21N3O4.C7H8.H2/c1-11-8-19-16(9-18-11)20-17(21)13-5-14(23-4)7-15(6-13)24-12(2)10-22-3;1-7-5-3-2-4-6-7;/h5-9,12H,10H2,1-4H3,(H,19,20,21);2-6H,1H3;1H/t12-;;/m0../s1. The lowest BCUT2D eigenvalue weighted by molar-refractivity contribution is 0.0915. The van der Waals surface area contributed by atoms with Gasteiger partial charge in [0.25, 0.3) is 5.91 Å². The van der Waals surface area contributed by atoms with E-state index in [1.54, 1.807) is 31.5 Å². The molecule has 0 aliphatic carbocycles. The van der Waals surface area contributed by atoms with Crippen molar-refractivity contribution in [3.05, 3.63) is 77.7 Å². The molecular weight excluding hydrogens is 394 g/mol. The van der Waals surface area contributed by atoms with Crippen molar-refractivity contribution >= 4 is 11.7 Å². The van der Waals surface area contributed by atoms with Crippen LogP contribution >= 0.6 is 0 Å². The number of anilines is 1. The summed E-state index contributed by atoms with van der Waals surface area (Å²) >= 11 is 0. The minimum Gasteiger partial charge on any atom is -0.497 e. The monoisotopic (exact) mass is 425 g/mol. The number of carbonyl (C=O) groups is 1. The highest BCUT2D eigenvalue weighted by Gasteiger charge is 2.13. The van der Waals surface area contributed by atoms with Gasteiger partial charge in [0, 0.05) is 20.2 Å². The van der Waals surface area contributed by atoms with Crippen LogP contribution in [-0.2, 0) is 4.74 Å². The minimum atomic E-state index is -0.323. The summed E-state index contributed by atoms with van der Waals surface area (Å²) < 4.78 is 16.0. The average Bonchev–Trinajstić information content (AvgIpc) is 2.76. The highest BCUT2D eigenvalue weighted by Crippen LogP contribution is 2.24. The predicted molar refractivity (Wildman–Crippen MR) is 123 cm³/mol. The van der Waals surface area contributed by atoms with E-state index in [9.17, 15) is 4.79 Å². The van der Waals surface area contributed by atoms with Crippen molar-refractivity contribution in [3.63, 3.8) is 0 Å². The topological polar surface area (TPSA) is 82.6 Å². The Morgan fingerprint density at radius 1 is 1.03 bits per heavy atom. The third-order valence-corrected chi connectivity index (χ3v) is 4.08. The predicted octanol–water partition coefficient (Wildman–Crippen LogP) is 4.70.